The van der Waals surface area contributed by atoms with Crippen LogP contribution in [0.5, 0.6) is 5.75 Å². The van der Waals surface area contributed by atoms with Crippen molar-refractivity contribution >= 4 is 11.9 Å². The monoisotopic (exact) mass is 265 g/mol. The summed E-state index contributed by atoms with van der Waals surface area (Å²) in [7, 11) is 0. The van der Waals surface area contributed by atoms with Gasteiger partial charge in [0.1, 0.15) is 11.8 Å². The van der Waals surface area contributed by atoms with Crippen LogP contribution >= 0.6 is 0 Å². The van der Waals surface area contributed by atoms with Gasteiger partial charge in [0.25, 0.3) is 0 Å². The standard InChI is InChI=1S/C14H19NO4/c1-9-4-5-12(8-10(9)2)19-7-6-13(16)15-11(3)14(17)18/h4-5,8,11H,6-7H2,1-3H3,(H,15,16)(H,17,18)/t11-/m1/s1. The summed E-state index contributed by atoms with van der Waals surface area (Å²) in [6.07, 6.45) is 0.130. The average Bonchev–Trinajstić information content (AvgIpc) is 2.33. The van der Waals surface area contributed by atoms with Crippen LogP contribution in [0.2, 0.25) is 0 Å². The minimum Gasteiger partial charge on any atom is -0.493 e. The van der Waals surface area contributed by atoms with Gasteiger partial charge < -0.3 is 15.2 Å². The molecule has 19 heavy (non-hydrogen) atoms. The highest BCUT2D eigenvalue weighted by Crippen LogP contribution is 2.16. The largest absolute Gasteiger partial charge is 0.493 e. The summed E-state index contributed by atoms with van der Waals surface area (Å²) in [5.74, 6) is -0.677. The summed E-state index contributed by atoms with van der Waals surface area (Å²) in [6, 6.07) is 4.83. The molecule has 5 nitrogen and oxygen atoms in total. The first-order chi connectivity index (χ1) is 8.90. The lowest BCUT2D eigenvalue weighted by Gasteiger charge is -2.10. The second-order valence-electron chi connectivity index (χ2n) is 4.47. The Balaban J connectivity index is 2.35. The summed E-state index contributed by atoms with van der Waals surface area (Å²) in [5.41, 5.74) is 2.31. The minimum atomic E-state index is -1.05. The Morgan fingerprint density at radius 1 is 1.32 bits per heavy atom. The van der Waals surface area contributed by atoms with Crippen LogP contribution < -0.4 is 10.1 Å². The molecule has 1 aromatic carbocycles. The molecule has 0 fully saturated rings. The number of carbonyl (C=O) groups is 2. The Morgan fingerprint density at radius 2 is 2.00 bits per heavy atom. The lowest BCUT2D eigenvalue weighted by molar-refractivity contribution is -0.141. The molecule has 0 radical (unpaired) electrons. The number of hydrogen-bond acceptors (Lipinski definition) is 3. The van der Waals surface area contributed by atoms with Crippen molar-refractivity contribution in [2.45, 2.75) is 33.2 Å². The summed E-state index contributed by atoms with van der Waals surface area (Å²) in [4.78, 5) is 22.0. The van der Waals surface area contributed by atoms with E-state index in [1.165, 1.54) is 12.5 Å². The maximum atomic E-state index is 11.4. The first-order valence-electron chi connectivity index (χ1n) is 6.12. The third-order valence-electron chi connectivity index (χ3n) is 2.82. The van der Waals surface area contributed by atoms with Crippen molar-refractivity contribution in [3.63, 3.8) is 0 Å². The van der Waals surface area contributed by atoms with Gasteiger partial charge in [-0.25, -0.2) is 0 Å². The zero-order chi connectivity index (χ0) is 14.4. The van der Waals surface area contributed by atoms with E-state index in [1.54, 1.807) is 0 Å². The van der Waals surface area contributed by atoms with E-state index in [4.69, 9.17) is 9.84 Å². The number of ether oxygens (including phenoxy) is 1. The van der Waals surface area contributed by atoms with E-state index in [9.17, 15) is 9.59 Å². The number of carboxylic acid groups (broad SMARTS) is 1. The third-order valence-corrected chi connectivity index (χ3v) is 2.82. The van der Waals surface area contributed by atoms with E-state index in [0.29, 0.717) is 5.75 Å². The number of aliphatic carboxylic acids is 1. The van der Waals surface area contributed by atoms with Crippen LogP contribution in [0.25, 0.3) is 0 Å². The van der Waals surface area contributed by atoms with Crippen molar-refractivity contribution in [1.29, 1.82) is 0 Å². The molecule has 1 amide bonds. The van der Waals surface area contributed by atoms with Crippen LogP contribution in [-0.2, 0) is 9.59 Å². The maximum absolute atomic E-state index is 11.4. The first kappa shape index (κ1) is 15.0. The number of hydrogen-bond donors (Lipinski definition) is 2. The maximum Gasteiger partial charge on any atom is 0.325 e. The number of carbonyl (C=O) groups excluding carboxylic acids is 1. The highest BCUT2D eigenvalue weighted by atomic mass is 16.5. The summed E-state index contributed by atoms with van der Waals surface area (Å²) < 4.78 is 5.45. The summed E-state index contributed by atoms with van der Waals surface area (Å²) in [5, 5.41) is 11.0. The number of nitrogens with one attached hydrogen (secondary N) is 1. The normalized spacial score (nSPS) is 11.7. The van der Waals surface area contributed by atoms with Crippen molar-refractivity contribution in [3.8, 4) is 5.75 Å². The number of carboxylic acids is 1. The second-order valence-corrected chi connectivity index (χ2v) is 4.47. The van der Waals surface area contributed by atoms with E-state index < -0.39 is 12.0 Å². The van der Waals surface area contributed by atoms with Crippen molar-refractivity contribution < 1.29 is 19.4 Å². The molecule has 0 aromatic heterocycles. The van der Waals surface area contributed by atoms with Gasteiger partial charge in [0, 0.05) is 0 Å². The van der Waals surface area contributed by atoms with Gasteiger partial charge in [-0.2, -0.15) is 0 Å². The number of amides is 1. The van der Waals surface area contributed by atoms with Crippen molar-refractivity contribution in [2.24, 2.45) is 0 Å². The second kappa shape index (κ2) is 6.78. The molecule has 0 saturated carbocycles. The van der Waals surface area contributed by atoms with Gasteiger partial charge in [-0.3, -0.25) is 9.59 Å². The van der Waals surface area contributed by atoms with Crippen LogP contribution in [0, 0.1) is 13.8 Å². The topological polar surface area (TPSA) is 75.6 Å². The predicted octanol–water partition coefficient (Wildman–Crippen LogP) is 1.66. The van der Waals surface area contributed by atoms with Gasteiger partial charge in [-0.1, -0.05) is 6.07 Å². The average molecular weight is 265 g/mol. The molecule has 5 heteroatoms. The Hall–Kier alpha value is -2.04. The molecule has 0 bridgehead atoms. The molecule has 0 aliphatic rings. The van der Waals surface area contributed by atoms with E-state index in [2.05, 4.69) is 5.32 Å². The van der Waals surface area contributed by atoms with E-state index in [1.807, 2.05) is 32.0 Å². The van der Waals surface area contributed by atoms with E-state index in [0.717, 1.165) is 5.56 Å². The van der Waals surface area contributed by atoms with Crippen LogP contribution in [-0.4, -0.2) is 29.6 Å². The Labute approximate surface area is 112 Å². The van der Waals surface area contributed by atoms with E-state index >= 15 is 0 Å². The number of benzene rings is 1. The molecule has 0 spiro atoms. The quantitative estimate of drug-likeness (QED) is 0.820. The fraction of sp³-hybridized carbons (Fsp3) is 0.429. The molecule has 1 aromatic rings. The van der Waals surface area contributed by atoms with Crippen LogP contribution in [0.4, 0.5) is 0 Å². The SMILES string of the molecule is Cc1ccc(OCCC(=O)N[C@H](C)C(=O)O)cc1C. The molecule has 0 aliphatic carbocycles. The van der Waals surface area contributed by atoms with Gasteiger partial charge in [0.15, 0.2) is 0 Å². The van der Waals surface area contributed by atoms with Crippen LogP contribution in [0.1, 0.15) is 24.5 Å². The highest BCUT2D eigenvalue weighted by molar-refractivity contribution is 5.83. The molecular weight excluding hydrogens is 246 g/mol. The fourth-order valence-corrected chi connectivity index (χ4v) is 1.44. The third kappa shape index (κ3) is 4.99. The highest BCUT2D eigenvalue weighted by Gasteiger charge is 2.13. The molecule has 1 atom stereocenters. The van der Waals surface area contributed by atoms with Crippen molar-refractivity contribution in [3.05, 3.63) is 29.3 Å². The number of rotatable bonds is 6. The van der Waals surface area contributed by atoms with Crippen LogP contribution in [0.3, 0.4) is 0 Å². The molecule has 0 unspecified atom stereocenters. The van der Waals surface area contributed by atoms with Gasteiger partial charge in [-0.15, -0.1) is 0 Å². The summed E-state index contributed by atoms with van der Waals surface area (Å²) in [6.45, 7) is 5.65. The van der Waals surface area contributed by atoms with Gasteiger partial charge in [0.2, 0.25) is 5.91 Å². The number of aryl methyl sites for hydroxylation is 2. The molecule has 1 rings (SSSR count). The zero-order valence-electron chi connectivity index (χ0n) is 11.4. The minimum absolute atomic E-state index is 0.130. The Morgan fingerprint density at radius 3 is 2.58 bits per heavy atom. The van der Waals surface area contributed by atoms with Gasteiger partial charge in [0.05, 0.1) is 13.0 Å². The molecule has 0 aliphatic heterocycles. The zero-order valence-corrected chi connectivity index (χ0v) is 11.4. The smallest absolute Gasteiger partial charge is 0.325 e. The fourth-order valence-electron chi connectivity index (χ4n) is 1.44. The first-order valence-corrected chi connectivity index (χ1v) is 6.12. The lowest BCUT2D eigenvalue weighted by Crippen LogP contribution is -2.38. The predicted molar refractivity (Wildman–Crippen MR) is 71.3 cm³/mol. The Kier molecular flexibility index (Phi) is 5.36. The van der Waals surface area contributed by atoms with E-state index in [-0.39, 0.29) is 18.9 Å². The van der Waals surface area contributed by atoms with Gasteiger partial charge in [-0.05, 0) is 44.0 Å². The molecular formula is C14H19NO4. The molecule has 2 N–H and O–H groups in total. The summed E-state index contributed by atoms with van der Waals surface area (Å²) >= 11 is 0. The molecule has 0 heterocycles. The van der Waals surface area contributed by atoms with Crippen molar-refractivity contribution in [1.82, 2.24) is 5.32 Å². The lowest BCUT2D eigenvalue weighted by atomic mass is 10.1. The van der Waals surface area contributed by atoms with Crippen LogP contribution in [0.15, 0.2) is 18.2 Å². The Bertz CT molecular complexity index is 471. The van der Waals surface area contributed by atoms with Crippen molar-refractivity contribution in [2.75, 3.05) is 6.61 Å². The molecule has 104 valence electrons. The molecule has 0 saturated heterocycles. The van der Waals surface area contributed by atoms with Gasteiger partial charge >= 0.3 is 5.97 Å².